The van der Waals surface area contributed by atoms with Crippen molar-refractivity contribution in [2.75, 3.05) is 19.3 Å². The maximum Gasteiger partial charge on any atom is 0.151 e. The van der Waals surface area contributed by atoms with Crippen LogP contribution in [-0.2, 0) is 19.4 Å². The Morgan fingerprint density at radius 2 is 1.89 bits per heavy atom. The average Bonchev–Trinajstić information content (AvgIpc) is 2.93. The van der Waals surface area contributed by atoms with Crippen LogP contribution < -0.4 is 5.73 Å². The van der Waals surface area contributed by atoms with Crippen LogP contribution in [-0.4, -0.2) is 49.8 Å². The van der Waals surface area contributed by atoms with Crippen molar-refractivity contribution in [1.29, 1.82) is 0 Å². The number of rotatable bonds is 11. The molecule has 0 fully saturated rings. The van der Waals surface area contributed by atoms with E-state index in [0.29, 0.717) is 18.4 Å². The first-order chi connectivity index (χ1) is 13.1. The molecular weight excluding hydrogens is 350 g/mol. The van der Waals surface area contributed by atoms with Crippen molar-refractivity contribution in [3.8, 4) is 0 Å². The minimum atomic E-state index is -0.811. The van der Waals surface area contributed by atoms with Crippen LogP contribution in [0.15, 0.2) is 6.07 Å². The zero-order valence-electron chi connectivity index (χ0n) is 18.6. The van der Waals surface area contributed by atoms with E-state index in [2.05, 4.69) is 48.3 Å². The summed E-state index contributed by atoms with van der Waals surface area (Å²) in [6.45, 7) is 11.9. The lowest BCUT2D eigenvalue weighted by Gasteiger charge is -2.21. The van der Waals surface area contributed by atoms with Crippen LogP contribution in [0, 0.1) is 0 Å². The highest BCUT2D eigenvalue weighted by Crippen LogP contribution is 2.25. The van der Waals surface area contributed by atoms with Crippen molar-refractivity contribution >= 4 is 16.9 Å². The predicted molar refractivity (Wildman–Crippen MR) is 118 cm³/mol. The lowest BCUT2D eigenvalue weighted by atomic mass is 10.1. The second kappa shape index (κ2) is 9.70. The molecule has 0 aliphatic heterocycles. The number of aromatic nitrogens is 3. The minimum absolute atomic E-state index is 0.499. The molecule has 2 aromatic heterocycles. The highest BCUT2D eigenvalue weighted by atomic mass is 16.3. The fraction of sp³-hybridized carbons (Fsp3) is 0.727. The fourth-order valence-electron chi connectivity index (χ4n) is 3.39. The smallest absolute Gasteiger partial charge is 0.151 e. The van der Waals surface area contributed by atoms with Crippen LogP contribution in [0.5, 0.6) is 0 Å². The molecule has 6 heteroatoms. The summed E-state index contributed by atoms with van der Waals surface area (Å²) in [5.74, 6) is 1.49. The van der Waals surface area contributed by atoms with Gasteiger partial charge in [-0.25, -0.2) is 9.97 Å². The summed E-state index contributed by atoms with van der Waals surface area (Å²) in [4.78, 5) is 11.7. The number of nitrogens with two attached hydrogens (primary N) is 1. The second-order valence-corrected chi connectivity index (χ2v) is 8.93. The zero-order chi connectivity index (χ0) is 20.9. The summed E-state index contributed by atoms with van der Waals surface area (Å²) in [7, 11) is 2.17. The van der Waals surface area contributed by atoms with Gasteiger partial charge in [0.05, 0.1) is 17.7 Å². The maximum absolute atomic E-state index is 10.4. The van der Waals surface area contributed by atoms with Crippen LogP contribution in [0.2, 0.25) is 0 Å². The molecule has 0 unspecified atom stereocenters. The number of aliphatic hydroxyl groups is 1. The number of anilines is 1. The summed E-state index contributed by atoms with van der Waals surface area (Å²) in [5, 5.41) is 10.4. The third-order valence-corrected chi connectivity index (χ3v) is 5.27. The average molecular weight is 390 g/mol. The Morgan fingerprint density at radius 1 is 1.18 bits per heavy atom. The molecule has 158 valence electrons. The molecule has 3 N–H and O–H groups in total. The topological polar surface area (TPSA) is 80.2 Å². The lowest BCUT2D eigenvalue weighted by molar-refractivity contribution is 0.0618. The number of aryl methyl sites for hydroxylation is 2. The van der Waals surface area contributed by atoms with E-state index in [1.165, 1.54) is 0 Å². The van der Waals surface area contributed by atoms with Gasteiger partial charge >= 0.3 is 0 Å². The van der Waals surface area contributed by atoms with Crippen molar-refractivity contribution < 1.29 is 5.11 Å². The van der Waals surface area contributed by atoms with E-state index in [9.17, 15) is 5.11 Å². The van der Waals surface area contributed by atoms with Gasteiger partial charge in [0.1, 0.15) is 11.3 Å². The molecule has 0 bridgehead atoms. The molecule has 0 saturated carbocycles. The molecular formula is C22H39N5O. The van der Waals surface area contributed by atoms with Crippen LogP contribution in [0.3, 0.4) is 0 Å². The molecule has 0 spiro atoms. The van der Waals surface area contributed by atoms with E-state index in [1.54, 1.807) is 0 Å². The zero-order valence-corrected chi connectivity index (χ0v) is 18.6. The highest BCUT2D eigenvalue weighted by molar-refractivity contribution is 5.85. The molecule has 0 aliphatic carbocycles. The number of pyridine rings is 1. The van der Waals surface area contributed by atoms with E-state index in [-0.39, 0.29) is 0 Å². The van der Waals surface area contributed by atoms with Gasteiger partial charge in [-0.15, -0.1) is 0 Å². The van der Waals surface area contributed by atoms with E-state index in [4.69, 9.17) is 10.7 Å². The molecule has 2 rings (SSSR count). The molecule has 0 aliphatic rings. The number of nitrogens with zero attached hydrogens (tertiary/aromatic N) is 4. The normalized spacial score (nSPS) is 12.6. The first-order valence-corrected chi connectivity index (χ1v) is 10.7. The summed E-state index contributed by atoms with van der Waals surface area (Å²) < 4.78 is 2.14. The molecule has 6 nitrogen and oxygen atoms in total. The number of fused-ring (bicyclic) bond motifs is 1. The molecule has 0 saturated heterocycles. The van der Waals surface area contributed by atoms with Crippen molar-refractivity contribution in [2.24, 2.45) is 0 Å². The summed E-state index contributed by atoms with van der Waals surface area (Å²) >= 11 is 0. The standard InChI is InChI=1S/C22H39N5O/c1-7-8-12-19-25-20-18(27(19)15-22(4,5)28)14-17(24-21(20)23)11-9-10-13-26(6)16(2)3/h14,16,28H,7-13,15H2,1-6H3,(H2,23,24). The van der Waals surface area contributed by atoms with Gasteiger partial charge in [-0.2, -0.15) is 0 Å². The quantitative estimate of drug-likeness (QED) is 0.572. The number of hydrogen-bond acceptors (Lipinski definition) is 5. The minimum Gasteiger partial charge on any atom is -0.389 e. The second-order valence-electron chi connectivity index (χ2n) is 8.93. The molecule has 0 radical (unpaired) electrons. The van der Waals surface area contributed by atoms with Crippen LogP contribution in [0.25, 0.3) is 11.0 Å². The van der Waals surface area contributed by atoms with Gasteiger partial charge in [-0.1, -0.05) is 13.3 Å². The molecule has 0 atom stereocenters. The summed E-state index contributed by atoms with van der Waals surface area (Å²) in [6.07, 6.45) is 6.19. The third kappa shape index (κ3) is 6.17. The number of imidazole rings is 1. The van der Waals surface area contributed by atoms with Gasteiger partial charge in [-0.3, -0.25) is 0 Å². The van der Waals surface area contributed by atoms with Gasteiger partial charge in [0.25, 0.3) is 0 Å². The molecule has 0 amide bonds. The SMILES string of the molecule is CCCCc1nc2c(N)nc(CCCCN(C)C(C)C)cc2n1CC(C)(C)O. The Labute approximate surface area is 170 Å². The van der Waals surface area contributed by atoms with Gasteiger partial charge < -0.3 is 20.3 Å². The van der Waals surface area contributed by atoms with Gasteiger partial charge in [0, 0.05) is 18.2 Å². The Morgan fingerprint density at radius 3 is 2.50 bits per heavy atom. The predicted octanol–water partition coefficient (Wildman–Crippen LogP) is 3.79. The Bertz CT molecular complexity index is 760. The first kappa shape index (κ1) is 22.6. The third-order valence-electron chi connectivity index (χ3n) is 5.27. The molecule has 28 heavy (non-hydrogen) atoms. The number of nitrogen functional groups attached to an aromatic ring is 1. The van der Waals surface area contributed by atoms with E-state index < -0.39 is 5.60 Å². The molecule has 2 aromatic rings. The van der Waals surface area contributed by atoms with Crippen molar-refractivity contribution in [3.63, 3.8) is 0 Å². The number of unbranched alkanes of at least 4 members (excludes halogenated alkanes) is 2. The van der Waals surface area contributed by atoms with Gasteiger partial charge in [0.15, 0.2) is 5.82 Å². The van der Waals surface area contributed by atoms with E-state index >= 15 is 0 Å². The van der Waals surface area contributed by atoms with Crippen LogP contribution in [0.1, 0.15) is 71.8 Å². The van der Waals surface area contributed by atoms with E-state index in [1.807, 2.05) is 13.8 Å². The number of hydrogen-bond donors (Lipinski definition) is 2. The Balaban J connectivity index is 2.24. The Hall–Kier alpha value is -1.66. The van der Waals surface area contributed by atoms with Crippen LogP contribution in [0.4, 0.5) is 5.82 Å². The molecule has 2 heterocycles. The van der Waals surface area contributed by atoms with Gasteiger partial charge in [0.2, 0.25) is 0 Å². The maximum atomic E-state index is 10.4. The summed E-state index contributed by atoms with van der Waals surface area (Å²) in [6, 6.07) is 2.69. The monoisotopic (exact) mass is 389 g/mol. The molecule has 0 aromatic carbocycles. The lowest BCUT2D eigenvalue weighted by Crippen LogP contribution is -2.27. The Kier molecular flexibility index (Phi) is 7.84. The van der Waals surface area contributed by atoms with Crippen molar-refractivity contribution in [2.45, 2.75) is 91.3 Å². The van der Waals surface area contributed by atoms with Crippen LogP contribution >= 0.6 is 0 Å². The van der Waals surface area contributed by atoms with Crippen molar-refractivity contribution in [3.05, 3.63) is 17.6 Å². The summed E-state index contributed by atoms with van der Waals surface area (Å²) in [5.41, 5.74) is 8.22. The first-order valence-electron chi connectivity index (χ1n) is 10.7. The largest absolute Gasteiger partial charge is 0.389 e. The fourth-order valence-corrected chi connectivity index (χ4v) is 3.39. The van der Waals surface area contributed by atoms with E-state index in [0.717, 1.165) is 67.6 Å². The van der Waals surface area contributed by atoms with Gasteiger partial charge in [-0.05, 0) is 73.0 Å². The van der Waals surface area contributed by atoms with Crippen molar-refractivity contribution in [1.82, 2.24) is 19.4 Å². The highest BCUT2D eigenvalue weighted by Gasteiger charge is 2.21.